The zero-order valence-corrected chi connectivity index (χ0v) is 15.0. The van der Waals surface area contributed by atoms with Crippen LogP contribution in [0.25, 0.3) is 0 Å². The molecule has 0 saturated carbocycles. The third kappa shape index (κ3) is 4.00. The predicted octanol–water partition coefficient (Wildman–Crippen LogP) is 0.691. The van der Waals surface area contributed by atoms with Gasteiger partial charge in [0, 0.05) is 25.8 Å². The molecule has 1 aliphatic rings. The summed E-state index contributed by atoms with van der Waals surface area (Å²) in [5.74, 6) is -1.46. The quantitative estimate of drug-likeness (QED) is 0.683. The second kappa shape index (κ2) is 7.51. The molecule has 1 atom stereocenters. The third-order valence-corrected chi connectivity index (χ3v) is 5.83. The molecule has 1 aromatic carbocycles. The Balaban J connectivity index is 2.17. The number of benzene rings is 1. The Morgan fingerprint density at radius 2 is 1.96 bits per heavy atom. The van der Waals surface area contributed by atoms with Crippen LogP contribution in [-0.4, -0.2) is 62.6 Å². The van der Waals surface area contributed by atoms with Gasteiger partial charge in [-0.1, -0.05) is 0 Å². The van der Waals surface area contributed by atoms with Gasteiger partial charge in [0.1, 0.15) is 5.54 Å². The second-order valence-electron chi connectivity index (χ2n) is 6.05. The highest BCUT2D eigenvalue weighted by atomic mass is 32.2. The van der Waals surface area contributed by atoms with Crippen LogP contribution in [0.5, 0.6) is 0 Å². The summed E-state index contributed by atoms with van der Waals surface area (Å²) >= 11 is 0. The number of sulfonamides is 1. The highest BCUT2D eigenvalue weighted by molar-refractivity contribution is 7.89. The number of aliphatic carboxylic acids is 1. The average molecular weight is 370 g/mol. The van der Waals surface area contributed by atoms with Crippen molar-refractivity contribution in [2.24, 2.45) is 0 Å². The van der Waals surface area contributed by atoms with Gasteiger partial charge in [-0.2, -0.15) is 0 Å². The van der Waals surface area contributed by atoms with Crippen LogP contribution in [0.15, 0.2) is 29.2 Å². The lowest BCUT2D eigenvalue weighted by Crippen LogP contribution is -2.50. The molecule has 138 valence electrons. The molecular weight excluding hydrogens is 348 g/mol. The van der Waals surface area contributed by atoms with Gasteiger partial charge in [-0.25, -0.2) is 17.9 Å². The van der Waals surface area contributed by atoms with Crippen molar-refractivity contribution in [3.8, 4) is 0 Å². The fraction of sp³-hybridized carbons (Fsp3) is 0.500. The summed E-state index contributed by atoms with van der Waals surface area (Å²) in [6.45, 7) is 2.28. The van der Waals surface area contributed by atoms with Crippen molar-refractivity contribution < 1.29 is 27.9 Å². The van der Waals surface area contributed by atoms with E-state index in [1.807, 2.05) is 0 Å². The largest absolute Gasteiger partial charge is 0.480 e. The molecule has 1 amide bonds. The normalized spacial score (nSPS) is 20.6. The van der Waals surface area contributed by atoms with Gasteiger partial charge < -0.3 is 14.7 Å². The van der Waals surface area contributed by atoms with E-state index in [4.69, 9.17) is 4.74 Å². The highest BCUT2D eigenvalue weighted by Crippen LogP contribution is 2.30. The number of hydrogen-bond acceptors (Lipinski definition) is 5. The van der Waals surface area contributed by atoms with Crippen molar-refractivity contribution in [2.75, 3.05) is 26.8 Å². The molecule has 8 nitrogen and oxygen atoms in total. The number of nitrogens with zero attached hydrogens (tertiary/aromatic N) is 1. The van der Waals surface area contributed by atoms with E-state index in [9.17, 15) is 23.1 Å². The highest BCUT2D eigenvalue weighted by Gasteiger charge is 2.46. The summed E-state index contributed by atoms with van der Waals surface area (Å²) in [5.41, 5.74) is -0.978. The smallest absolute Gasteiger partial charge is 0.329 e. The lowest BCUT2D eigenvalue weighted by atomic mass is 9.98. The van der Waals surface area contributed by atoms with Crippen molar-refractivity contribution >= 4 is 21.9 Å². The Morgan fingerprint density at radius 3 is 2.52 bits per heavy atom. The molecule has 9 heteroatoms. The molecule has 1 fully saturated rings. The van der Waals surface area contributed by atoms with Crippen LogP contribution < -0.4 is 4.72 Å². The Bertz CT molecular complexity index is 746. The summed E-state index contributed by atoms with van der Waals surface area (Å²) in [7, 11) is -2.21. The molecule has 0 aromatic heterocycles. The molecule has 1 heterocycles. The number of hydrogen-bond donors (Lipinski definition) is 2. The fourth-order valence-electron chi connectivity index (χ4n) is 2.81. The predicted molar refractivity (Wildman–Crippen MR) is 89.8 cm³/mol. The number of nitrogens with one attached hydrogen (secondary N) is 1. The van der Waals surface area contributed by atoms with Gasteiger partial charge in [0.05, 0.1) is 11.5 Å². The maximum Gasteiger partial charge on any atom is 0.329 e. The molecule has 2 N–H and O–H groups in total. The summed E-state index contributed by atoms with van der Waals surface area (Å²) in [6, 6.07) is 5.45. The van der Waals surface area contributed by atoms with E-state index in [0.29, 0.717) is 19.4 Å². The van der Waals surface area contributed by atoms with Gasteiger partial charge in [0.2, 0.25) is 10.0 Å². The zero-order chi connectivity index (χ0) is 18.7. The minimum absolute atomic E-state index is 0.0302. The maximum atomic E-state index is 12.6. The van der Waals surface area contributed by atoms with Gasteiger partial charge in [-0.15, -0.1) is 0 Å². The molecule has 0 spiro atoms. The van der Waals surface area contributed by atoms with Gasteiger partial charge in [-0.3, -0.25) is 4.79 Å². The number of carbonyl (C=O) groups is 2. The van der Waals surface area contributed by atoms with E-state index >= 15 is 0 Å². The van der Waals surface area contributed by atoms with Gasteiger partial charge in [-0.05, 0) is 44.0 Å². The molecular formula is C16H22N2O6S. The van der Waals surface area contributed by atoms with Crippen LogP contribution in [0.3, 0.4) is 0 Å². The molecule has 1 aliphatic heterocycles. The van der Waals surface area contributed by atoms with Crippen LogP contribution in [0, 0.1) is 0 Å². The monoisotopic (exact) mass is 370 g/mol. The number of likely N-dealkylation sites (tertiary alicyclic amines) is 1. The van der Waals surface area contributed by atoms with E-state index in [0.717, 1.165) is 0 Å². The van der Waals surface area contributed by atoms with Gasteiger partial charge >= 0.3 is 5.97 Å². The van der Waals surface area contributed by atoms with E-state index in [2.05, 4.69) is 4.72 Å². The van der Waals surface area contributed by atoms with Crippen LogP contribution in [-0.2, 0) is 19.6 Å². The van der Waals surface area contributed by atoms with Crippen molar-refractivity contribution in [1.82, 2.24) is 9.62 Å². The van der Waals surface area contributed by atoms with Crippen molar-refractivity contribution in [3.05, 3.63) is 29.8 Å². The zero-order valence-electron chi connectivity index (χ0n) is 14.2. The Labute approximate surface area is 146 Å². The second-order valence-corrected chi connectivity index (χ2v) is 7.82. The lowest BCUT2D eigenvalue weighted by molar-refractivity contribution is -0.147. The Kier molecular flexibility index (Phi) is 5.81. The minimum Gasteiger partial charge on any atom is -0.480 e. The molecule has 2 rings (SSSR count). The number of carboxylic acid groups (broad SMARTS) is 1. The summed E-state index contributed by atoms with van der Waals surface area (Å²) in [4.78, 5) is 25.5. The molecule has 0 radical (unpaired) electrons. The van der Waals surface area contributed by atoms with E-state index < -0.39 is 27.4 Å². The summed E-state index contributed by atoms with van der Waals surface area (Å²) in [6.07, 6.45) is 1.01. The molecule has 1 aromatic rings. The SMILES string of the molecule is COCCNS(=O)(=O)c1ccc(C(=O)N2CCCC2(C)C(=O)O)cc1. The van der Waals surface area contributed by atoms with Crippen LogP contribution in [0.1, 0.15) is 30.1 Å². The molecule has 25 heavy (non-hydrogen) atoms. The topological polar surface area (TPSA) is 113 Å². The number of rotatable bonds is 7. The van der Waals surface area contributed by atoms with Crippen molar-refractivity contribution in [1.29, 1.82) is 0 Å². The number of amides is 1. The molecule has 0 aliphatic carbocycles. The first-order chi connectivity index (χ1) is 11.7. The lowest BCUT2D eigenvalue weighted by Gasteiger charge is -2.31. The first kappa shape index (κ1) is 19.4. The fourth-order valence-corrected chi connectivity index (χ4v) is 3.82. The van der Waals surface area contributed by atoms with Crippen LogP contribution in [0.2, 0.25) is 0 Å². The van der Waals surface area contributed by atoms with Crippen molar-refractivity contribution in [2.45, 2.75) is 30.2 Å². The van der Waals surface area contributed by atoms with E-state index in [1.165, 1.54) is 43.2 Å². The third-order valence-electron chi connectivity index (χ3n) is 4.36. The first-order valence-corrected chi connectivity index (χ1v) is 9.35. The Hall–Kier alpha value is -1.97. The van der Waals surface area contributed by atoms with E-state index in [1.54, 1.807) is 0 Å². The van der Waals surface area contributed by atoms with Crippen LogP contribution in [0.4, 0.5) is 0 Å². The molecule has 1 unspecified atom stereocenters. The number of methoxy groups -OCH3 is 1. The number of carboxylic acids is 1. The standard InChI is InChI=1S/C16H22N2O6S/c1-16(15(20)21)8-3-10-18(16)14(19)12-4-6-13(7-5-12)25(22,23)17-9-11-24-2/h4-7,17H,3,8-11H2,1-2H3,(H,20,21). The molecule has 1 saturated heterocycles. The van der Waals surface area contributed by atoms with Gasteiger partial charge in [0.25, 0.3) is 5.91 Å². The van der Waals surface area contributed by atoms with Gasteiger partial charge in [0.15, 0.2) is 0 Å². The number of carbonyl (C=O) groups excluding carboxylic acids is 1. The van der Waals surface area contributed by atoms with Crippen LogP contribution >= 0.6 is 0 Å². The van der Waals surface area contributed by atoms with Crippen molar-refractivity contribution in [3.63, 3.8) is 0 Å². The van der Waals surface area contributed by atoms with E-state index in [-0.39, 0.29) is 23.6 Å². The minimum atomic E-state index is -3.68. The first-order valence-electron chi connectivity index (χ1n) is 7.86. The summed E-state index contributed by atoms with van der Waals surface area (Å²) in [5, 5.41) is 9.40. The summed E-state index contributed by atoms with van der Waals surface area (Å²) < 4.78 is 31.4. The Morgan fingerprint density at radius 1 is 1.32 bits per heavy atom. The maximum absolute atomic E-state index is 12.6. The molecule has 0 bridgehead atoms. The number of ether oxygens (including phenoxy) is 1. The average Bonchev–Trinajstić information content (AvgIpc) is 2.98.